The number of rotatable bonds is 9. The van der Waals surface area contributed by atoms with E-state index in [0.29, 0.717) is 0 Å². The second-order valence-electron chi connectivity index (χ2n) is 7.10. The SMILES string of the molecule is CCCCCC/C=C/c1ccc([P+](Cl)(c2ccccc2)c2ccccc2)cc1. The molecule has 0 aliphatic carbocycles. The van der Waals surface area contributed by atoms with Gasteiger partial charge in [0.05, 0.1) is 0 Å². The molecule has 0 unspecified atom stereocenters. The molecule has 3 rings (SSSR count). The molecule has 0 N–H and O–H groups in total. The monoisotopic (exact) mass is 407 g/mol. The quantitative estimate of drug-likeness (QED) is 0.261. The van der Waals surface area contributed by atoms with Crippen molar-refractivity contribution in [2.75, 3.05) is 0 Å². The number of unbranched alkanes of at least 4 members (excludes halogenated alkanes) is 4. The largest absolute Gasteiger partial charge is 0.210 e. The van der Waals surface area contributed by atoms with E-state index in [2.05, 4.69) is 91.9 Å². The minimum atomic E-state index is -2.14. The molecule has 0 saturated carbocycles. The van der Waals surface area contributed by atoms with Gasteiger partial charge in [0.25, 0.3) is 0 Å². The van der Waals surface area contributed by atoms with Gasteiger partial charge in [-0.15, -0.1) is 0 Å². The molecule has 0 atom stereocenters. The zero-order valence-electron chi connectivity index (χ0n) is 16.6. The molecule has 0 saturated heterocycles. The Labute approximate surface area is 175 Å². The van der Waals surface area contributed by atoms with Crippen molar-refractivity contribution < 1.29 is 0 Å². The third-order valence-corrected chi connectivity index (χ3v) is 9.79. The maximum atomic E-state index is 7.44. The average Bonchev–Trinajstić information content (AvgIpc) is 2.77. The van der Waals surface area contributed by atoms with Crippen LogP contribution in [0.1, 0.15) is 44.6 Å². The van der Waals surface area contributed by atoms with Gasteiger partial charge in [-0.1, -0.05) is 86.9 Å². The molecule has 0 fully saturated rings. The molecular weight excluding hydrogens is 379 g/mol. The minimum Gasteiger partial charge on any atom is -0.0839 e. The Balaban J connectivity index is 1.83. The summed E-state index contributed by atoms with van der Waals surface area (Å²) in [6.45, 7) is 0.109. The summed E-state index contributed by atoms with van der Waals surface area (Å²) < 4.78 is 0. The van der Waals surface area contributed by atoms with Gasteiger partial charge in [0.15, 0.2) is 0 Å². The highest BCUT2D eigenvalue weighted by molar-refractivity contribution is 8.14. The fourth-order valence-electron chi connectivity index (χ4n) is 3.41. The van der Waals surface area contributed by atoms with Gasteiger partial charge >= 0.3 is 0 Å². The van der Waals surface area contributed by atoms with Crippen LogP contribution in [0, 0.1) is 0 Å². The van der Waals surface area contributed by atoms with E-state index in [4.69, 9.17) is 11.2 Å². The lowest BCUT2D eigenvalue weighted by Crippen LogP contribution is -2.27. The third-order valence-electron chi connectivity index (χ3n) is 5.01. The van der Waals surface area contributed by atoms with Gasteiger partial charge in [0.2, 0.25) is 6.62 Å². The molecule has 3 aromatic carbocycles. The first-order valence-electron chi connectivity index (χ1n) is 10.2. The van der Waals surface area contributed by atoms with Crippen molar-refractivity contribution in [3.8, 4) is 0 Å². The third kappa shape index (κ3) is 5.13. The van der Waals surface area contributed by atoms with E-state index in [1.54, 1.807) is 0 Å². The molecule has 0 bridgehead atoms. The van der Waals surface area contributed by atoms with E-state index >= 15 is 0 Å². The molecule has 3 aromatic rings. The van der Waals surface area contributed by atoms with Crippen LogP contribution in [0.2, 0.25) is 0 Å². The fraction of sp³-hybridized carbons (Fsp3) is 0.231. The predicted molar refractivity (Wildman–Crippen MR) is 129 cm³/mol. The maximum Gasteiger partial charge on any atom is 0.210 e. The van der Waals surface area contributed by atoms with Crippen LogP contribution in [0.15, 0.2) is 91.0 Å². The number of halogens is 1. The molecule has 28 heavy (non-hydrogen) atoms. The van der Waals surface area contributed by atoms with Crippen molar-refractivity contribution in [1.82, 2.24) is 0 Å². The lowest BCUT2D eigenvalue weighted by Gasteiger charge is -2.19. The molecule has 144 valence electrons. The van der Waals surface area contributed by atoms with Gasteiger partial charge in [0, 0.05) is 0 Å². The summed E-state index contributed by atoms with van der Waals surface area (Å²) in [5.41, 5.74) is 1.24. The molecule has 2 heteroatoms. The topological polar surface area (TPSA) is 0 Å². The van der Waals surface area contributed by atoms with E-state index in [1.165, 1.54) is 47.2 Å². The Hall–Kier alpha value is -1.88. The molecular formula is C26H29ClP+. The Morgan fingerprint density at radius 1 is 0.679 bits per heavy atom. The first kappa shape index (κ1) is 20.8. The Morgan fingerprint density at radius 3 is 1.75 bits per heavy atom. The van der Waals surface area contributed by atoms with Crippen LogP contribution in [-0.4, -0.2) is 0 Å². The van der Waals surface area contributed by atoms with Crippen molar-refractivity contribution in [2.45, 2.75) is 39.0 Å². The summed E-state index contributed by atoms with van der Waals surface area (Å²) >= 11 is 7.44. The summed E-state index contributed by atoms with van der Waals surface area (Å²) in [5.74, 6) is 0. The number of hydrogen-bond donors (Lipinski definition) is 0. The normalized spacial score (nSPS) is 11.8. The van der Waals surface area contributed by atoms with Crippen LogP contribution in [0.5, 0.6) is 0 Å². The molecule has 0 aliphatic rings. The van der Waals surface area contributed by atoms with Crippen LogP contribution in [0.25, 0.3) is 6.08 Å². The first-order valence-corrected chi connectivity index (χ1v) is 12.9. The van der Waals surface area contributed by atoms with Gasteiger partial charge in [-0.25, -0.2) is 0 Å². The van der Waals surface area contributed by atoms with E-state index in [0.717, 1.165) is 6.42 Å². The zero-order chi connectivity index (χ0) is 19.7. The number of hydrogen-bond acceptors (Lipinski definition) is 0. The van der Waals surface area contributed by atoms with E-state index < -0.39 is 6.62 Å². The van der Waals surface area contributed by atoms with Crippen LogP contribution in [0.3, 0.4) is 0 Å². The summed E-state index contributed by atoms with van der Waals surface area (Å²) in [7, 11) is 0. The van der Waals surface area contributed by atoms with Crippen molar-refractivity contribution in [1.29, 1.82) is 0 Å². The van der Waals surface area contributed by atoms with Gasteiger partial charge < -0.3 is 0 Å². The molecule has 0 spiro atoms. The summed E-state index contributed by atoms with van der Waals surface area (Å²) in [5, 5.41) is 3.59. The highest BCUT2D eigenvalue weighted by atomic mass is 35.7. The zero-order valence-corrected chi connectivity index (χ0v) is 18.2. The van der Waals surface area contributed by atoms with Crippen LogP contribution in [0.4, 0.5) is 0 Å². The molecule has 0 heterocycles. The molecule has 0 aromatic heterocycles. The molecule has 0 radical (unpaired) electrons. The van der Waals surface area contributed by atoms with Gasteiger partial charge in [0.1, 0.15) is 27.2 Å². The Kier molecular flexibility index (Phi) is 7.90. The van der Waals surface area contributed by atoms with E-state index in [9.17, 15) is 0 Å². The van der Waals surface area contributed by atoms with E-state index in [1.807, 2.05) is 12.1 Å². The molecule has 0 aliphatic heterocycles. The Morgan fingerprint density at radius 2 is 1.21 bits per heavy atom. The van der Waals surface area contributed by atoms with Gasteiger partial charge in [-0.05, 0) is 54.8 Å². The van der Waals surface area contributed by atoms with E-state index in [-0.39, 0.29) is 0 Å². The summed E-state index contributed by atoms with van der Waals surface area (Å²) in [4.78, 5) is 0. The van der Waals surface area contributed by atoms with Gasteiger partial charge in [-0.2, -0.15) is 0 Å². The smallest absolute Gasteiger partial charge is 0.0839 e. The van der Waals surface area contributed by atoms with Crippen molar-refractivity contribution in [2.24, 2.45) is 0 Å². The predicted octanol–water partition coefficient (Wildman–Crippen LogP) is 7.12. The first-order chi connectivity index (χ1) is 13.7. The minimum absolute atomic E-state index is 1.15. The van der Waals surface area contributed by atoms with Crippen LogP contribution >= 0.6 is 17.9 Å². The van der Waals surface area contributed by atoms with Crippen molar-refractivity contribution in [3.63, 3.8) is 0 Å². The maximum absolute atomic E-state index is 7.44. The average molecular weight is 408 g/mol. The van der Waals surface area contributed by atoms with Gasteiger partial charge in [-0.3, -0.25) is 0 Å². The lowest BCUT2D eigenvalue weighted by atomic mass is 10.1. The van der Waals surface area contributed by atoms with Crippen LogP contribution < -0.4 is 15.9 Å². The second-order valence-corrected chi connectivity index (χ2v) is 11.4. The Bertz CT molecular complexity index is 814. The number of benzene rings is 3. The standard InChI is InChI=1S/C26H29ClP/c1-2-3-4-5-6-9-14-23-19-21-26(22-20-23)28(27,24-15-10-7-11-16-24)25-17-12-8-13-18-25/h7-22H,2-6H2,1H3/q+1/b14-9+. The number of allylic oxidation sites excluding steroid dienone is 1. The molecule has 0 amide bonds. The summed E-state index contributed by atoms with van der Waals surface area (Å²) in [6.07, 6.45) is 10.9. The lowest BCUT2D eigenvalue weighted by molar-refractivity contribution is 0.675. The highest BCUT2D eigenvalue weighted by Crippen LogP contribution is 2.60. The highest BCUT2D eigenvalue weighted by Gasteiger charge is 2.44. The van der Waals surface area contributed by atoms with Crippen LogP contribution in [-0.2, 0) is 0 Å². The second kappa shape index (κ2) is 10.6. The van der Waals surface area contributed by atoms with Crippen molar-refractivity contribution >= 4 is 39.8 Å². The fourth-order valence-corrected chi connectivity index (χ4v) is 7.05. The van der Waals surface area contributed by atoms with Crippen molar-refractivity contribution in [3.05, 3.63) is 96.6 Å². The molecule has 0 nitrogen and oxygen atoms in total. The summed E-state index contributed by atoms with van der Waals surface area (Å²) in [6, 6.07) is 29.8.